The van der Waals surface area contributed by atoms with Crippen LogP contribution in [0.2, 0.25) is 0 Å². The molecule has 0 bridgehead atoms. The SMILES string of the molecule is Cc1csc(CN(CC(=O)O)C2CCS(=O)(=O)C2)n1. The Morgan fingerprint density at radius 3 is 2.84 bits per heavy atom. The van der Waals surface area contributed by atoms with Gasteiger partial charge < -0.3 is 5.11 Å². The third kappa shape index (κ3) is 3.99. The van der Waals surface area contributed by atoms with Crippen molar-refractivity contribution in [2.24, 2.45) is 0 Å². The molecule has 2 heterocycles. The predicted molar refractivity (Wildman–Crippen MR) is 72.0 cm³/mol. The number of carboxylic acid groups (broad SMARTS) is 1. The smallest absolute Gasteiger partial charge is 0.317 e. The molecule has 2 rings (SSSR count). The molecule has 0 saturated carbocycles. The van der Waals surface area contributed by atoms with Gasteiger partial charge in [-0.15, -0.1) is 11.3 Å². The minimum absolute atomic E-state index is 0.0463. The van der Waals surface area contributed by atoms with Gasteiger partial charge in [0.05, 0.1) is 24.6 Å². The lowest BCUT2D eigenvalue weighted by molar-refractivity contribution is -0.139. The highest BCUT2D eigenvalue weighted by atomic mass is 32.2. The third-order valence-corrected chi connectivity index (χ3v) is 5.77. The number of carbonyl (C=O) groups is 1. The molecule has 1 aliphatic heterocycles. The highest BCUT2D eigenvalue weighted by molar-refractivity contribution is 7.91. The second-order valence-corrected chi connectivity index (χ2v) is 7.91. The molecule has 1 aromatic rings. The number of carboxylic acids is 1. The van der Waals surface area contributed by atoms with Crippen LogP contribution in [0.5, 0.6) is 0 Å². The highest BCUT2D eigenvalue weighted by Crippen LogP contribution is 2.21. The van der Waals surface area contributed by atoms with Crippen LogP contribution in [0.25, 0.3) is 0 Å². The van der Waals surface area contributed by atoms with E-state index in [9.17, 15) is 13.2 Å². The Balaban J connectivity index is 2.10. The Hall–Kier alpha value is -0.990. The van der Waals surface area contributed by atoms with Crippen molar-refractivity contribution in [3.63, 3.8) is 0 Å². The van der Waals surface area contributed by atoms with E-state index in [0.717, 1.165) is 10.7 Å². The number of hydrogen-bond donors (Lipinski definition) is 1. The van der Waals surface area contributed by atoms with Gasteiger partial charge in [-0.2, -0.15) is 0 Å². The fourth-order valence-corrected chi connectivity index (χ4v) is 4.76. The van der Waals surface area contributed by atoms with E-state index < -0.39 is 15.8 Å². The van der Waals surface area contributed by atoms with E-state index in [1.54, 1.807) is 4.90 Å². The van der Waals surface area contributed by atoms with E-state index >= 15 is 0 Å². The summed E-state index contributed by atoms with van der Waals surface area (Å²) in [6.45, 7) is 2.12. The Morgan fingerprint density at radius 2 is 2.37 bits per heavy atom. The van der Waals surface area contributed by atoms with Crippen molar-refractivity contribution >= 4 is 27.1 Å². The zero-order chi connectivity index (χ0) is 14.0. The molecule has 0 aliphatic carbocycles. The molecular formula is C11H16N2O4S2. The van der Waals surface area contributed by atoms with E-state index in [-0.39, 0.29) is 24.1 Å². The van der Waals surface area contributed by atoms with Crippen molar-refractivity contribution in [3.8, 4) is 0 Å². The van der Waals surface area contributed by atoms with Crippen LogP contribution >= 0.6 is 11.3 Å². The molecule has 106 valence electrons. The van der Waals surface area contributed by atoms with E-state index in [2.05, 4.69) is 4.98 Å². The Bertz CT molecular complexity index is 567. The van der Waals surface area contributed by atoms with Crippen LogP contribution in [0.15, 0.2) is 5.38 Å². The number of thiazole rings is 1. The fourth-order valence-electron chi connectivity index (χ4n) is 2.20. The third-order valence-electron chi connectivity index (χ3n) is 3.07. The number of nitrogens with zero attached hydrogens (tertiary/aromatic N) is 2. The summed E-state index contributed by atoms with van der Waals surface area (Å²) in [6.07, 6.45) is 0.500. The summed E-state index contributed by atoms with van der Waals surface area (Å²) >= 11 is 1.47. The molecule has 8 heteroatoms. The van der Waals surface area contributed by atoms with Gasteiger partial charge in [0.2, 0.25) is 0 Å². The van der Waals surface area contributed by atoms with Gasteiger partial charge in [-0.3, -0.25) is 9.69 Å². The lowest BCUT2D eigenvalue weighted by Crippen LogP contribution is -2.39. The molecule has 6 nitrogen and oxygen atoms in total. The fraction of sp³-hybridized carbons (Fsp3) is 0.636. The van der Waals surface area contributed by atoms with Crippen LogP contribution in [0.1, 0.15) is 17.1 Å². The Labute approximate surface area is 116 Å². The maximum Gasteiger partial charge on any atom is 0.317 e. The minimum atomic E-state index is -3.01. The van der Waals surface area contributed by atoms with Crippen LogP contribution < -0.4 is 0 Å². The molecule has 1 N–H and O–H groups in total. The Morgan fingerprint density at radius 1 is 1.63 bits per heavy atom. The van der Waals surface area contributed by atoms with Crippen molar-refractivity contribution in [1.82, 2.24) is 9.88 Å². The standard InChI is InChI=1S/C11H16N2O4S2/c1-8-6-18-10(12-8)4-13(5-11(14)15)9-2-3-19(16,17)7-9/h6,9H,2-5,7H2,1H3,(H,14,15). The van der Waals surface area contributed by atoms with E-state index in [4.69, 9.17) is 5.11 Å². The van der Waals surface area contributed by atoms with Gasteiger partial charge >= 0.3 is 5.97 Å². The number of sulfone groups is 1. The summed E-state index contributed by atoms with van der Waals surface area (Å²) in [7, 11) is -3.01. The molecule has 0 amide bonds. The van der Waals surface area contributed by atoms with Crippen molar-refractivity contribution in [2.45, 2.75) is 25.9 Å². The van der Waals surface area contributed by atoms with Crippen molar-refractivity contribution in [2.75, 3.05) is 18.1 Å². The number of aliphatic carboxylic acids is 1. The second-order valence-electron chi connectivity index (χ2n) is 4.74. The molecule has 1 fully saturated rings. The molecule has 19 heavy (non-hydrogen) atoms. The van der Waals surface area contributed by atoms with Gasteiger partial charge in [-0.25, -0.2) is 13.4 Å². The van der Waals surface area contributed by atoms with Gasteiger partial charge in [0.1, 0.15) is 5.01 Å². The van der Waals surface area contributed by atoms with Crippen molar-refractivity contribution < 1.29 is 18.3 Å². The average Bonchev–Trinajstić information content (AvgIpc) is 2.83. The maximum absolute atomic E-state index is 11.5. The van der Waals surface area contributed by atoms with Gasteiger partial charge in [0, 0.05) is 17.1 Å². The first-order valence-electron chi connectivity index (χ1n) is 5.93. The molecule has 0 radical (unpaired) electrons. The van der Waals surface area contributed by atoms with Gasteiger partial charge in [-0.1, -0.05) is 0 Å². The number of rotatable bonds is 5. The number of aromatic nitrogens is 1. The summed E-state index contributed by atoms with van der Waals surface area (Å²) in [5.74, 6) is -0.757. The molecular weight excluding hydrogens is 288 g/mol. The van der Waals surface area contributed by atoms with Crippen LogP contribution in [-0.2, 0) is 21.2 Å². The highest BCUT2D eigenvalue weighted by Gasteiger charge is 2.33. The largest absolute Gasteiger partial charge is 0.480 e. The lowest BCUT2D eigenvalue weighted by atomic mass is 10.2. The molecule has 1 atom stereocenters. The molecule has 1 saturated heterocycles. The normalized spacial score (nSPS) is 21.9. The van der Waals surface area contributed by atoms with E-state index in [1.165, 1.54) is 11.3 Å². The summed E-state index contributed by atoms with van der Waals surface area (Å²) in [4.78, 5) is 16.9. The maximum atomic E-state index is 11.5. The lowest BCUT2D eigenvalue weighted by Gasteiger charge is -2.25. The number of hydrogen-bond acceptors (Lipinski definition) is 6. The first-order valence-corrected chi connectivity index (χ1v) is 8.63. The zero-order valence-electron chi connectivity index (χ0n) is 10.6. The number of aryl methyl sites for hydroxylation is 1. The van der Waals surface area contributed by atoms with Crippen molar-refractivity contribution in [1.29, 1.82) is 0 Å². The zero-order valence-corrected chi connectivity index (χ0v) is 12.2. The van der Waals surface area contributed by atoms with E-state index in [1.807, 2.05) is 12.3 Å². The monoisotopic (exact) mass is 304 g/mol. The second kappa shape index (κ2) is 5.56. The van der Waals surface area contributed by atoms with Crippen LogP contribution in [0.4, 0.5) is 0 Å². The van der Waals surface area contributed by atoms with Crippen LogP contribution in [0.3, 0.4) is 0 Å². The molecule has 1 aliphatic rings. The molecule has 1 unspecified atom stereocenters. The van der Waals surface area contributed by atoms with Gasteiger partial charge in [-0.05, 0) is 13.3 Å². The Kier molecular flexibility index (Phi) is 4.22. The van der Waals surface area contributed by atoms with Gasteiger partial charge in [0.25, 0.3) is 0 Å². The molecule has 0 aromatic carbocycles. The summed E-state index contributed by atoms with van der Waals surface area (Å²) in [5.41, 5.74) is 0.898. The van der Waals surface area contributed by atoms with Crippen LogP contribution in [-0.4, -0.2) is 53.5 Å². The van der Waals surface area contributed by atoms with E-state index in [0.29, 0.717) is 13.0 Å². The first-order chi connectivity index (χ1) is 8.85. The first kappa shape index (κ1) is 14.4. The van der Waals surface area contributed by atoms with Crippen molar-refractivity contribution in [3.05, 3.63) is 16.1 Å². The topological polar surface area (TPSA) is 87.6 Å². The predicted octanol–water partition coefficient (Wildman–Crippen LogP) is 0.525. The minimum Gasteiger partial charge on any atom is -0.480 e. The average molecular weight is 304 g/mol. The molecule has 1 aromatic heterocycles. The summed E-state index contributed by atoms with van der Waals surface area (Å²) in [5, 5.41) is 11.7. The quantitative estimate of drug-likeness (QED) is 0.853. The summed E-state index contributed by atoms with van der Waals surface area (Å²) in [6, 6.07) is -0.217. The van der Waals surface area contributed by atoms with Crippen LogP contribution in [0, 0.1) is 6.92 Å². The van der Waals surface area contributed by atoms with Gasteiger partial charge in [0.15, 0.2) is 9.84 Å². The summed E-state index contributed by atoms with van der Waals surface area (Å²) < 4.78 is 23.0. The molecule has 0 spiro atoms.